The van der Waals surface area contributed by atoms with Crippen molar-refractivity contribution in [1.82, 2.24) is 15.1 Å². The van der Waals surface area contributed by atoms with Crippen molar-refractivity contribution in [2.75, 3.05) is 0 Å². The van der Waals surface area contributed by atoms with E-state index in [4.69, 9.17) is 0 Å². The van der Waals surface area contributed by atoms with Crippen molar-refractivity contribution in [3.8, 4) is 0 Å². The number of carboxylic acid groups (broad SMARTS) is 1. The van der Waals surface area contributed by atoms with Crippen molar-refractivity contribution in [2.24, 2.45) is 11.8 Å². The molecule has 0 aliphatic carbocycles. The van der Waals surface area contributed by atoms with Crippen LogP contribution in [0.2, 0.25) is 0 Å². The minimum Gasteiger partial charge on any atom is -0.480 e. The molecule has 1 amide bonds. The number of carboxylic acids is 1. The molecular weight excluding hydrogens is 322 g/mol. The summed E-state index contributed by atoms with van der Waals surface area (Å²) in [6.07, 6.45) is 0. The first-order valence-corrected chi connectivity index (χ1v) is 8.26. The maximum Gasteiger partial charge on any atom is 0.326 e. The molecule has 0 saturated heterocycles. The third kappa shape index (κ3) is 4.04. The summed E-state index contributed by atoms with van der Waals surface area (Å²) in [5, 5.41) is 16.8. The number of nitrogens with one attached hydrogen (secondary N) is 1. The van der Waals surface area contributed by atoms with Gasteiger partial charge in [0.2, 0.25) is 0 Å². The van der Waals surface area contributed by atoms with Crippen LogP contribution in [0.5, 0.6) is 0 Å². The Bertz CT molecular complexity index is 855. The van der Waals surface area contributed by atoms with E-state index in [-0.39, 0.29) is 23.1 Å². The van der Waals surface area contributed by atoms with Gasteiger partial charge in [-0.05, 0) is 17.9 Å². The van der Waals surface area contributed by atoms with Gasteiger partial charge in [0.05, 0.1) is 5.39 Å². The van der Waals surface area contributed by atoms with E-state index in [9.17, 15) is 19.5 Å². The van der Waals surface area contributed by atoms with E-state index in [0.717, 1.165) is 0 Å². The molecule has 0 radical (unpaired) electrons. The predicted molar refractivity (Wildman–Crippen MR) is 94.6 cm³/mol. The van der Waals surface area contributed by atoms with Gasteiger partial charge in [-0.3, -0.25) is 9.59 Å². The molecule has 0 fully saturated rings. The Hall–Kier alpha value is -2.70. The van der Waals surface area contributed by atoms with E-state index in [1.807, 2.05) is 13.8 Å². The quantitative estimate of drug-likeness (QED) is 0.832. The highest BCUT2D eigenvalue weighted by molar-refractivity contribution is 6.05. The molecule has 1 aromatic heterocycles. The third-order valence-electron chi connectivity index (χ3n) is 3.84. The largest absolute Gasteiger partial charge is 0.480 e. The second-order valence-corrected chi connectivity index (χ2v) is 6.81. The van der Waals surface area contributed by atoms with Gasteiger partial charge in [0.15, 0.2) is 5.69 Å². The molecule has 1 atom stereocenters. The molecule has 0 bridgehead atoms. The van der Waals surface area contributed by atoms with Gasteiger partial charge < -0.3 is 10.4 Å². The topological polar surface area (TPSA) is 101 Å². The average molecular weight is 345 g/mol. The second kappa shape index (κ2) is 7.46. The van der Waals surface area contributed by atoms with Gasteiger partial charge in [-0.2, -0.15) is 5.10 Å². The van der Waals surface area contributed by atoms with E-state index < -0.39 is 17.9 Å². The zero-order chi connectivity index (χ0) is 18.7. The number of amides is 1. The van der Waals surface area contributed by atoms with Crippen LogP contribution in [0.25, 0.3) is 10.8 Å². The minimum absolute atomic E-state index is 0.0581. The van der Waals surface area contributed by atoms with Crippen molar-refractivity contribution in [3.63, 3.8) is 0 Å². The Morgan fingerprint density at radius 3 is 2.28 bits per heavy atom. The molecule has 25 heavy (non-hydrogen) atoms. The number of nitrogens with zero attached hydrogens (tertiary/aromatic N) is 2. The van der Waals surface area contributed by atoms with Crippen molar-refractivity contribution >= 4 is 22.6 Å². The van der Waals surface area contributed by atoms with Crippen LogP contribution >= 0.6 is 0 Å². The monoisotopic (exact) mass is 345 g/mol. The summed E-state index contributed by atoms with van der Waals surface area (Å²) in [7, 11) is 0. The molecule has 0 saturated carbocycles. The number of carbonyl (C=O) groups is 2. The van der Waals surface area contributed by atoms with Crippen LogP contribution in [0.1, 0.15) is 38.2 Å². The van der Waals surface area contributed by atoms with Gasteiger partial charge in [-0.25, -0.2) is 9.48 Å². The molecule has 134 valence electrons. The average Bonchev–Trinajstić information content (AvgIpc) is 2.54. The van der Waals surface area contributed by atoms with Crippen LogP contribution in [-0.2, 0) is 11.3 Å². The molecule has 2 rings (SSSR count). The van der Waals surface area contributed by atoms with Crippen LogP contribution in [0.15, 0.2) is 29.1 Å². The highest BCUT2D eigenvalue weighted by atomic mass is 16.4. The minimum atomic E-state index is -1.11. The first-order chi connectivity index (χ1) is 11.7. The number of rotatable bonds is 6. The van der Waals surface area contributed by atoms with Gasteiger partial charge >= 0.3 is 5.97 Å². The van der Waals surface area contributed by atoms with Crippen LogP contribution in [0.4, 0.5) is 0 Å². The van der Waals surface area contributed by atoms with Gasteiger partial charge in [-0.1, -0.05) is 45.9 Å². The Morgan fingerprint density at radius 1 is 1.16 bits per heavy atom. The number of aliphatic carboxylic acids is 1. The lowest BCUT2D eigenvalue weighted by Gasteiger charge is -2.18. The summed E-state index contributed by atoms with van der Waals surface area (Å²) in [6, 6.07) is 5.69. The smallest absolute Gasteiger partial charge is 0.326 e. The molecular formula is C18H23N3O4. The first-order valence-electron chi connectivity index (χ1n) is 8.26. The first kappa shape index (κ1) is 18.6. The zero-order valence-corrected chi connectivity index (χ0v) is 14.8. The maximum atomic E-state index is 12.7. The lowest BCUT2D eigenvalue weighted by molar-refractivity contribution is -0.140. The number of carbonyl (C=O) groups excluding carboxylic acids is 1. The standard InChI is InChI=1S/C18H23N3O4/c1-10(2)9-21-17(23)13-8-6-5-7-12(13)15(20-21)16(22)19-14(11(3)4)18(24)25/h5-8,10-11,14H,9H2,1-4H3,(H,19,22)(H,24,25)/t14-/m0/s1. The molecule has 1 aromatic carbocycles. The van der Waals surface area contributed by atoms with Crippen molar-refractivity contribution in [1.29, 1.82) is 0 Å². The van der Waals surface area contributed by atoms with Gasteiger partial charge in [0, 0.05) is 11.9 Å². The van der Waals surface area contributed by atoms with E-state index in [0.29, 0.717) is 17.3 Å². The molecule has 0 spiro atoms. The Labute approximate surface area is 145 Å². The number of hydrogen-bond acceptors (Lipinski definition) is 4. The fourth-order valence-corrected chi connectivity index (χ4v) is 2.60. The third-order valence-corrected chi connectivity index (χ3v) is 3.84. The Kier molecular flexibility index (Phi) is 5.56. The van der Waals surface area contributed by atoms with Gasteiger partial charge in [-0.15, -0.1) is 0 Å². The molecule has 7 nitrogen and oxygen atoms in total. The summed E-state index contributed by atoms with van der Waals surface area (Å²) in [5.74, 6) is -1.82. The maximum absolute atomic E-state index is 12.7. The molecule has 0 aliphatic rings. The fraction of sp³-hybridized carbons (Fsp3) is 0.444. The molecule has 7 heteroatoms. The van der Waals surface area contributed by atoms with Crippen molar-refractivity contribution in [2.45, 2.75) is 40.3 Å². The summed E-state index contributed by atoms with van der Waals surface area (Å²) < 4.78 is 1.27. The normalized spacial score (nSPS) is 12.6. The lowest BCUT2D eigenvalue weighted by Crippen LogP contribution is -2.45. The summed E-state index contributed by atoms with van der Waals surface area (Å²) in [4.78, 5) is 36.6. The Morgan fingerprint density at radius 2 is 1.76 bits per heavy atom. The van der Waals surface area contributed by atoms with Crippen molar-refractivity contribution in [3.05, 3.63) is 40.3 Å². The van der Waals surface area contributed by atoms with E-state index in [2.05, 4.69) is 10.4 Å². The number of hydrogen-bond donors (Lipinski definition) is 2. The molecule has 1 heterocycles. The number of fused-ring (bicyclic) bond motifs is 1. The van der Waals surface area contributed by atoms with Crippen molar-refractivity contribution < 1.29 is 14.7 Å². The van der Waals surface area contributed by atoms with E-state index in [1.54, 1.807) is 38.1 Å². The van der Waals surface area contributed by atoms with E-state index in [1.165, 1.54) is 4.68 Å². The zero-order valence-electron chi connectivity index (χ0n) is 14.8. The van der Waals surface area contributed by atoms with Crippen LogP contribution < -0.4 is 10.9 Å². The molecule has 2 N–H and O–H groups in total. The summed E-state index contributed by atoms with van der Waals surface area (Å²) in [6.45, 7) is 7.69. The van der Waals surface area contributed by atoms with E-state index >= 15 is 0 Å². The lowest BCUT2D eigenvalue weighted by atomic mass is 10.0. The summed E-state index contributed by atoms with van der Waals surface area (Å²) >= 11 is 0. The number of benzene rings is 1. The highest BCUT2D eigenvalue weighted by Crippen LogP contribution is 2.14. The second-order valence-electron chi connectivity index (χ2n) is 6.81. The van der Waals surface area contributed by atoms with Gasteiger partial charge in [0.25, 0.3) is 11.5 Å². The molecule has 2 aromatic rings. The van der Waals surface area contributed by atoms with Crippen LogP contribution in [0, 0.1) is 11.8 Å². The SMILES string of the molecule is CC(C)Cn1nc(C(=O)N[C@H](C(=O)O)C(C)C)c2ccccc2c1=O. The highest BCUT2D eigenvalue weighted by Gasteiger charge is 2.26. The van der Waals surface area contributed by atoms with Gasteiger partial charge in [0.1, 0.15) is 6.04 Å². The molecule has 0 aliphatic heterocycles. The fourth-order valence-electron chi connectivity index (χ4n) is 2.60. The molecule has 0 unspecified atom stereocenters. The Balaban J connectivity index is 2.56. The predicted octanol–water partition coefficient (Wildman–Crippen LogP) is 1.89. The van der Waals surface area contributed by atoms with Crippen LogP contribution in [0.3, 0.4) is 0 Å². The number of aromatic nitrogens is 2. The van der Waals surface area contributed by atoms with Crippen LogP contribution in [-0.4, -0.2) is 32.8 Å². The summed E-state index contributed by atoms with van der Waals surface area (Å²) in [5.41, 5.74) is -0.206.